The number of methoxy groups -OCH3 is 1. The van der Waals surface area contributed by atoms with Crippen LogP contribution in [0.25, 0.3) is 10.9 Å². The maximum atomic E-state index is 13.5. The minimum absolute atomic E-state index is 0.128. The molecule has 36 heavy (non-hydrogen) atoms. The number of benzene rings is 3. The molecule has 4 aromatic rings. The second kappa shape index (κ2) is 11.6. The third-order valence-corrected chi connectivity index (χ3v) is 6.24. The third-order valence-electron chi connectivity index (χ3n) is 6.24. The minimum atomic E-state index is -0.342. The zero-order chi connectivity index (χ0) is 25.5. The number of rotatable bonds is 10. The van der Waals surface area contributed by atoms with Crippen LogP contribution in [0.2, 0.25) is 0 Å². The lowest BCUT2D eigenvalue weighted by Gasteiger charge is -2.14. The monoisotopic (exact) mass is 485 g/mol. The molecule has 0 saturated carbocycles. The number of amides is 1. The Hall–Kier alpha value is -3.97. The van der Waals surface area contributed by atoms with Crippen LogP contribution in [0, 0.1) is 6.92 Å². The number of aryl methyl sites for hydroxylation is 3. The summed E-state index contributed by atoms with van der Waals surface area (Å²) in [5.74, 6) is -0.168. The van der Waals surface area contributed by atoms with Gasteiger partial charge < -0.3 is 10.1 Å². The van der Waals surface area contributed by atoms with Gasteiger partial charge in [0.25, 0.3) is 11.5 Å². The molecule has 0 atom stereocenters. The fraction of sp³-hybridized carbons (Fsp3) is 0.276. The lowest BCUT2D eigenvalue weighted by Crippen LogP contribution is -2.40. The summed E-state index contributed by atoms with van der Waals surface area (Å²) in [5, 5.41) is 3.36. The van der Waals surface area contributed by atoms with Crippen LogP contribution in [0.1, 0.15) is 33.5 Å². The van der Waals surface area contributed by atoms with Crippen molar-refractivity contribution in [3.05, 3.63) is 116 Å². The number of ether oxygens (including phenoxy) is 1. The molecule has 0 aliphatic heterocycles. The highest BCUT2D eigenvalue weighted by Gasteiger charge is 2.14. The van der Waals surface area contributed by atoms with Crippen LogP contribution in [0.4, 0.5) is 0 Å². The fourth-order valence-electron chi connectivity index (χ4n) is 4.19. The standard InChI is InChI=1S/C29H31N3O4/c1-21-8-10-22(11-9-21)16-18-31-26-7-4-3-6-25(26)28(34)32(29(31)35)20-23-12-14-24(15-13-23)27(33)30-17-5-19-36-2/h3-4,6-15H,5,16-20H2,1-2H3,(H,30,33). The van der Waals surface area contributed by atoms with E-state index in [1.54, 1.807) is 42.0 Å². The van der Waals surface area contributed by atoms with Crippen molar-refractivity contribution in [3.63, 3.8) is 0 Å². The molecule has 0 unspecified atom stereocenters. The summed E-state index contributed by atoms with van der Waals surface area (Å²) in [6.45, 7) is 3.75. The van der Waals surface area contributed by atoms with Crippen LogP contribution in [0.5, 0.6) is 0 Å². The van der Waals surface area contributed by atoms with Gasteiger partial charge in [-0.1, -0.05) is 54.1 Å². The Labute approximate surface area is 210 Å². The average molecular weight is 486 g/mol. The molecule has 186 valence electrons. The molecule has 0 radical (unpaired) electrons. The van der Waals surface area contributed by atoms with E-state index in [1.807, 2.05) is 25.1 Å². The zero-order valence-electron chi connectivity index (χ0n) is 20.7. The number of hydrogen-bond acceptors (Lipinski definition) is 4. The van der Waals surface area contributed by atoms with Crippen molar-refractivity contribution in [1.82, 2.24) is 14.5 Å². The van der Waals surface area contributed by atoms with Gasteiger partial charge in [0.2, 0.25) is 0 Å². The lowest BCUT2D eigenvalue weighted by atomic mass is 10.1. The highest BCUT2D eigenvalue weighted by atomic mass is 16.5. The number of fused-ring (bicyclic) bond motifs is 1. The van der Waals surface area contributed by atoms with Gasteiger partial charge in [-0.3, -0.25) is 18.7 Å². The van der Waals surface area contributed by atoms with Gasteiger partial charge in [0.1, 0.15) is 0 Å². The van der Waals surface area contributed by atoms with Gasteiger partial charge in [-0.15, -0.1) is 0 Å². The van der Waals surface area contributed by atoms with Gasteiger partial charge in [0, 0.05) is 32.4 Å². The smallest absolute Gasteiger partial charge is 0.331 e. The topological polar surface area (TPSA) is 82.3 Å². The van der Waals surface area contributed by atoms with Crippen LogP contribution >= 0.6 is 0 Å². The molecule has 4 rings (SSSR count). The van der Waals surface area contributed by atoms with E-state index < -0.39 is 0 Å². The van der Waals surface area contributed by atoms with Crippen molar-refractivity contribution in [2.75, 3.05) is 20.3 Å². The molecule has 1 aromatic heterocycles. The van der Waals surface area contributed by atoms with E-state index in [9.17, 15) is 14.4 Å². The molecular weight excluding hydrogens is 454 g/mol. The Morgan fingerprint density at radius 2 is 1.58 bits per heavy atom. The first kappa shape index (κ1) is 25.1. The summed E-state index contributed by atoms with van der Waals surface area (Å²) in [4.78, 5) is 39.0. The van der Waals surface area contributed by atoms with Crippen LogP contribution in [-0.4, -0.2) is 35.3 Å². The summed E-state index contributed by atoms with van der Waals surface area (Å²) < 4.78 is 7.95. The largest absolute Gasteiger partial charge is 0.385 e. The van der Waals surface area contributed by atoms with Crippen LogP contribution in [0.3, 0.4) is 0 Å². The van der Waals surface area contributed by atoms with Crippen LogP contribution in [-0.2, 0) is 24.2 Å². The first-order chi connectivity index (χ1) is 17.5. The maximum absolute atomic E-state index is 13.5. The first-order valence-corrected chi connectivity index (χ1v) is 12.1. The maximum Gasteiger partial charge on any atom is 0.331 e. The number of hydrogen-bond donors (Lipinski definition) is 1. The number of carbonyl (C=O) groups excluding carboxylic acids is 1. The molecule has 0 spiro atoms. The number of carbonyl (C=O) groups is 1. The Bertz CT molecular complexity index is 1450. The molecule has 1 heterocycles. The Balaban J connectivity index is 1.59. The van der Waals surface area contributed by atoms with E-state index in [-0.39, 0.29) is 23.7 Å². The molecule has 1 N–H and O–H groups in total. The van der Waals surface area contributed by atoms with E-state index in [1.165, 1.54) is 10.1 Å². The van der Waals surface area contributed by atoms with Crippen molar-refractivity contribution in [2.45, 2.75) is 32.9 Å². The number of aromatic nitrogens is 2. The molecule has 3 aromatic carbocycles. The summed E-state index contributed by atoms with van der Waals surface area (Å²) in [7, 11) is 1.63. The van der Waals surface area contributed by atoms with Gasteiger partial charge in [-0.2, -0.15) is 0 Å². The SMILES string of the molecule is COCCCNC(=O)c1ccc(Cn2c(=O)c3ccccc3n(CCc3ccc(C)cc3)c2=O)cc1. The number of nitrogens with zero attached hydrogens (tertiary/aromatic N) is 2. The van der Waals surface area contributed by atoms with Gasteiger partial charge in [0.05, 0.1) is 17.4 Å². The molecule has 0 fully saturated rings. The molecule has 1 amide bonds. The lowest BCUT2D eigenvalue weighted by molar-refractivity contribution is 0.0948. The van der Waals surface area contributed by atoms with E-state index in [2.05, 4.69) is 29.6 Å². The minimum Gasteiger partial charge on any atom is -0.385 e. The molecule has 7 heteroatoms. The highest BCUT2D eigenvalue weighted by Crippen LogP contribution is 2.11. The summed E-state index contributed by atoms with van der Waals surface area (Å²) in [5.41, 5.74) is 3.59. The highest BCUT2D eigenvalue weighted by molar-refractivity contribution is 5.94. The van der Waals surface area contributed by atoms with Crippen molar-refractivity contribution in [2.24, 2.45) is 0 Å². The summed E-state index contributed by atoms with van der Waals surface area (Å²) >= 11 is 0. The summed E-state index contributed by atoms with van der Waals surface area (Å²) in [6.07, 6.45) is 1.41. The average Bonchev–Trinajstić information content (AvgIpc) is 2.90. The first-order valence-electron chi connectivity index (χ1n) is 12.1. The molecule has 0 aliphatic rings. The number of para-hydroxylation sites is 1. The second-order valence-electron chi connectivity index (χ2n) is 8.88. The normalized spacial score (nSPS) is 11.1. The quantitative estimate of drug-likeness (QED) is 0.349. The van der Waals surface area contributed by atoms with Gasteiger partial charge in [0.15, 0.2) is 0 Å². The van der Waals surface area contributed by atoms with Crippen molar-refractivity contribution < 1.29 is 9.53 Å². The van der Waals surface area contributed by atoms with E-state index in [0.717, 1.165) is 17.5 Å². The van der Waals surface area contributed by atoms with Gasteiger partial charge in [-0.05, 0) is 55.2 Å². The molecule has 0 saturated heterocycles. The molecule has 7 nitrogen and oxygen atoms in total. The van der Waals surface area contributed by atoms with E-state index in [4.69, 9.17) is 4.74 Å². The Morgan fingerprint density at radius 3 is 2.31 bits per heavy atom. The van der Waals surface area contributed by atoms with Crippen LogP contribution in [0.15, 0.2) is 82.4 Å². The fourth-order valence-corrected chi connectivity index (χ4v) is 4.19. The third kappa shape index (κ3) is 5.80. The number of nitrogens with one attached hydrogen (secondary N) is 1. The van der Waals surface area contributed by atoms with Crippen molar-refractivity contribution in [1.29, 1.82) is 0 Å². The molecular formula is C29H31N3O4. The predicted octanol–water partition coefficient (Wildman–Crippen LogP) is 3.53. The summed E-state index contributed by atoms with van der Waals surface area (Å²) in [6, 6.07) is 22.4. The van der Waals surface area contributed by atoms with Gasteiger partial charge in [-0.25, -0.2) is 4.79 Å². The molecule has 0 bridgehead atoms. The van der Waals surface area contributed by atoms with Crippen molar-refractivity contribution in [3.8, 4) is 0 Å². The van der Waals surface area contributed by atoms with E-state index >= 15 is 0 Å². The van der Waals surface area contributed by atoms with Crippen LogP contribution < -0.4 is 16.6 Å². The Kier molecular flexibility index (Phi) is 8.13. The predicted molar refractivity (Wildman–Crippen MR) is 142 cm³/mol. The Morgan fingerprint density at radius 1 is 0.889 bits per heavy atom. The van der Waals surface area contributed by atoms with Gasteiger partial charge >= 0.3 is 5.69 Å². The van der Waals surface area contributed by atoms with E-state index in [0.29, 0.717) is 42.6 Å². The zero-order valence-corrected chi connectivity index (χ0v) is 20.7. The molecule has 0 aliphatic carbocycles. The second-order valence-corrected chi connectivity index (χ2v) is 8.88. The van der Waals surface area contributed by atoms with Crippen molar-refractivity contribution >= 4 is 16.8 Å².